The summed E-state index contributed by atoms with van der Waals surface area (Å²) in [6.45, 7) is 0. The van der Waals surface area contributed by atoms with Crippen molar-refractivity contribution < 1.29 is 4.79 Å². The van der Waals surface area contributed by atoms with Crippen LogP contribution in [0.3, 0.4) is 0 Å². The summed E-state index contributed by atoms with van der Waals surface area (Å²) < 4.78 is 0. The Morgan fingerprint density at radius 3 is 2.40 bits per heavy atom. The summed E-state index contributed by atoms with van der Waals surface area (Å²) in [7, 11) is 0. The van der Waals surface area contributed by atoms with Gasteiger partial charge in [-0.15, -0.1) is 0 Å². The SMILES string of the molecule is N#CC(C(=O)NC1CCCCC1)c1c(Cl)cccc1Cl. The minimum atomic E-state index is -0.960. The Kier molecular flexibility index (Phi) is 5.28. The second-order valence-corrected chi connectivity index (χ2v) is 5.86. The molecule has 3 nitrogen and oxygen atoms in total. The number of nitriles is 1. The molecule has 1 fully saturated rings. The molecule has 1 amide bonds. The van der Waals surface area contributed by atoms with E-state index in [1.165, 1.54) is 6.42 Å². The van der Waals surface area contributed by atoms with Crippen molar-refractivity contribution >= 4 is 29.1 Å². The fraction of sp³-hybridized carbons (Fsp3) is 0.467. The molecule has 106 valence electrons. The topological polar surface area (TPSA) is 52.9 Å². The number of halogens is 2. The summed E-state index contributed by atoms with van der Waals surface area (Å²) >= 11 is 12.1. The lowest BCUT2D eigenvalue weighted by atomic mass is 9.93. The molecule has 1 aliphatic rings. The molecule has 0 heterocycles. The number of hydrogen-bond donors (Lipinski definition) is 1. The Bertz CT molecular complexity index is 513. The van der Waals surface area contributed by atoms with Gasteiger partial charge in [-0.2, -0.15) is 5.26 Å². The van der Waals surface area contributed by atoms with Gasteiger partial charge in [0.15, 0.2) is 5.92 Å². The van der Waals surface area contributed by atoms with Crippen molar-refractivity contribution in [3.63, 3.8) is 0 Å². The first-order chi connectivity index (χ1) is 9.63. The Labute approximate surface area is 128 Å². The van der Waals surface area contributed by atoms with E-state index in [4.69, 9.17) is 23.2 Å². The first kappa shape index (κ1) is 15.2. The summed E-state index contributed by atoms with van der Waals surface area (Å²) in [5.41, 5.74) is 0.395. The van der Waals surface area contributed by atoms with Gasteiger partial charge in [-0.25, -0.2) is 0 Å². The molecule has 1 unspecified atom stereocenters. The van der Waals surface area contributed by atoms with Crippen LogP contribution < -0.4 is 5.32 Å². The van der Waals surface area contributed by atoms with Crippen LogP contribution in [-0.2, 0) is 4.79 Å². The summed E-state index contributed by atoms with van der Waals surface area (Å²) in [5, 5.41) is 12.9. The number of nitrogens with zero attached hydrogens (tertiary/aromatic N) is 1. The van der Waals surface area contributed by atoms with Crippen molar-refractivity contribution in [3.8, 4) is 6.07 Å². The third-order valence-electron chi connectivity index (χ3n) is 3.63. The highest BCUT2D eigenvalue weighted by atomic mass is 35.5. The first-order valence-corrected chi connectivity index (χ1v) is 7.53. The molecule has 0 aliphatic heterocycles. The Morgan fingerprint density at radius 2 is 1.85 bits per heavy atom. The molecule has 20 heavy (non-hydrogen) atoms. The molecule has 0 aromatic heterocycles. The summed E-state index contributed by atoms with van der Waals surface area (Å²) in [5.74, 6) is -1.27. The largest absolute Gasteiger partial charge is 0.352 e. The zero-order valence-corrected chi connectivity index (χ0v) is 12.5. The van der Waals surface area contributed by atoms with Crippen molar-refractivity contribution in [3.05, 3.63) is 33.8 Å². The molecule has 1 saturated carbocycles. The standard InChI is InChI=1S/C15H16Cl2N2O/c16-12-7-4-8-13(17)14(12)11(9-18)15(20)19-10-5-2-1-3-6-10/h4,7-8,10-11H,1-3,5-6H2,(H,19,20). The van der Waals surface area contributed by atoms with Gasteiger partial charge in [0.25, 0.3) is 0 Å². The van der Waals surface area contributed by atoms with E-state index in [-0.39, 0.29) is 11.9 Å². The monoisotopic (exact) mass is 310 g/mol. The molecule has 1 aliphatic carbocycles. The molecule has 0 radical (unpaired) electrons. The van der Waals surface area contributed by atoms with Crippen LogP contribution in [0.4, 0.5) is 0 Å². The molecule has 0 spiro atoms. The molecular formula is C15H16Cl2N2O. The number of nitrogens with one attached hydrogen (secondary N) is 1. The molecule has 1 N–H and O–H groups in total. The average molecular weight is 311 g/mol. The predicted molar refractivity (Wildman–Crippen MR) is 79.8 cm³/mol. The number of carbonyl (C=O) groups excluding carboxylic acids is 1. The smallest absolute Gasteiger partial charge is 0.242 e. The Hall–Kier alpha value is -1.24. The second-order valence-electron chi connectivity index (χ2n) is 5.04. The van der Waals surface area contributed by atoms with E-state index in [2.05, 4.69) is 5.32 Å². The highest BCUT2D eigenvalue weighted by molar-refractivity contribution is 6.36. The van der Waals surface area contributed by atoms with Gasteiger partial charge in [0.2, 0.25) is 5.91 Å². The van der Waals surface area contributed by atoms with Gasteiger partial charge in [0.1, 0.15) is 0 Å². The van der Waals surface area contributed by atoms with Gasteiger partial charge in [-0.1, -0.05) is 48.5 Å². The van der Waals surface area contributed by atoms with E-state index in [1.807, 2.05) is 6.07 Å². The minimum Gasteiger partial charge on any atom is -0.352 e. The van der Waals surface area contributed by atoms with Crippen molar-refractivity contribution in [2.75, 3.05) is 0 Å². The van der Waals surface area contributed by atoms with Gasteiger partial charge in [-0.3, -0.25) is 4.79 Å². The van der Waals surface area contributed by atoms with E-state index in [9.17, 15) is 10.1 Å². The van der Waals surface area contributed by atoms with Crippen LogP contribution >= 0.6 is 23.2 Å². The normalized spacial score (nSPS) is 17.2. The summed E-state index contributed by atoms with van der Waals surface area (Å²) in [6, 6.07) is 7.14. The summed E-state index contributed by atoms with van der Waals surface area (Å²) in [4.78, 5) is 12.3. The van der Waals surface area contributed by atoms with Crippen molar-refractivity contribution in [2.24, 2.45) is 0 Å². The highest BCUT2D eigenvalue weighted by Crippen LogP contribution is 2.31. The van der Waals surface area contributed by atoms with Crippen molar-refractivity contribution in [1.82, 2.24) is 5.32 Å². The fourth-order valence-corrected chi connectivity index (χ4v) is 3.19. The molecule has 1 aromatic carbocycles. The van der Waals surface area contributed by atoms with E-state index in [0.29, 0.717) is 15.6 Å². The number of carbonyl (C=O) groups is 1. The van der Waals surface area contributed by atoms with Crippen LogP contribution in [-0.4, -0.2) is 11.9 Å². The van der Waals surface area contributed by atoms with Crippen LogP contribution in [0.15, 0.2) is 18.2 Å². The van der Waals surface area contributed by atoms with Crippen LogP contribution in [0.5, 0.6) is 0 Å². The lowest BCUT2D eigenvalue weighted by molar-refractivity contribution is -0.122. The zero-order chi connectivity index (χ0) is 14.5. The first-order valence-electron chi connectivity index (χ1n) is 6.77. The quantitative estimate of drug-likeness (QED) is 0.915. The summed E-state index contributed by atoms with van der Waals surface area (Å²) in [6.07, 6.45) is 5.40. The fourth-order valence-electron chi connectivity index (χ4n) is 2.57. The van der Waals surface area contributed by atoms with Crippen LogP contribution in [0.2, 0.25) is 10.0 Å². The van der Waals surface area contributed by atoms with Crippen LogP contribution in [0.1, 0.15) is 43.6 Å². The Morgan fingerprint density at radius 1 is 1.25 bits per heavy atom. The van der Waals surface area contributed by atoms with Gasteiger partial charge in [-0.05, 0) is 25.0 Å². The number of rotatable bonds is 3. The lowest BCUT2D eigenvalue weighted by Gasteiger charge is -2.24. The number of benzene rings is 1. The van der Waals surface area contributed by atoms with Crippen LogP contribution in [0.25, 0.3) is 0 Å². The zero-order valence-electron chi connectivity index (χ0n) is 11.0. The van der Waals surface area contributed by atoms with E-state index >= 15 is 0 Å². The molecule has 0 saturated heterocycles. The molecule has 1 atom stereocenters. The number of hydrogen-bond acceptors (Lipinski definition) is 2. The minimum absolute atomic E-state index is 0.161. The molecule has 0 bridgehead atoms. The van der Waals surface area contributed by atoms with Crippen LogP contribution in [0, 0.1) is 11.3 Å². The third-order valence-corrected chi connectivity index (χ3v) is 4.29. The van der Waals surface area contributed by atoms with Crippen molar-refractivity contribution in [1.29, 1.82) is 5.26 Å². The lowest BCUT2D eigenvalue weighted by Crippen LogP contribution is -2.39. The molecule has 5 heteroatoms. The predicted octanol–water partition coefficient (Wildman–Crippen LogP) is 4.05. The van der Waals surface area contributed by atoms with E-state index in [0.717, 1.165) is 25.7 Å². The van der Waals surface area contributed by atoms with E-state index in [1.54, 1.807) is 18.2 Å². The van der Waals surface area contributed by atoms with Gasteiger partial charge >= 0.3 is 0 Å². The third kappa shape index (κ3) is 3.45. The van der Waals surface area contributed by atoms with E-state index < -0.39 is 5.92 Å². The average Bonchev–Trinajstić information content (AvgIpc) is 2.44. The van der Waals surface area contributed by atoms with Gasteiger partial charge in [0, 0.05) is 21.7 Å². The second kappa shape index (κ2) is 6.97. The van der Waals surface area contributed by atoms with Gasteiger partial charge in [0.05, 0.1) is 6.07 Å². The van der Waals surface area contributed by atoms with Crippen molar-refractivity contribution in [2.45, 2.75) is 44.1 Å². The highest BCUT2D eigenvalue weighted by Gasteiger charge is 2.27. The van der Waals surface area contributed by atoms with Gasteiger partial charge < -0.3 is 5.32 Å². The molecular weight excluding hydrogens is 295 g/mol. The number of amides is 1. The Balaban J connectivity index is 2.15. The maximum absolute atomic E-state index is 12.3. The molecule has 2 rings (SSSR count). The maximum Gasteiger partial charge on any atom is 0.242 e. The maximum atomic E-state index is 12.3. The molecule has 1 aromatic rings.